The lowest BCUT2D eigenvalue weighted by Crippen LogP contribution is -2.33. The van der Waals surface area contributed by atoms with Crippen LogP contribution in [0, 0.1) is 11.3 Å². The summed E-state index contributed by atoms with van der Waals surface area (Å²) in [7, 11) is 0. The summed E-state index contributed by atoms with van der Waals surface area (Å²) in [6.45, 7) is 0.845. The second-order valence-electron chi connectivity index (χ2n) is 7.47. The Hall–Kier alpha value is 0.01000. The van der Waals surface area contributed by atoms with Gasteiger partial charge in [0.2, 0.25) is 0 Å². The maximum atomic E-state index is 5.64. The normalized spacial score (nSPS) is 32.4. The van der Waals surface area contributed by atoms with Crippen molar-refractivity contribution in [2.75, 3.05) is 12.3 Å². The van der Waals surface area contributed by atoms with Gasteiger partial charge in [0.15, 0.2) is 0 Å². The molecular weight excluding hydrogens is 306 g/mol. The van der Waals surface area contributed by atoms with Crippen LogP contribution in [-0.2, 0) is 6.42 Å². The van der Waals surface area contributed by atoms with Crippen molar-refractivity contribution in [1.82, 2.24) is 0 Å². The average Bonchev–Trinajstić information content (AvgIpc) is 3.08. The van der Waals surface area contributed by atoms with Crippen molar-refractivity contribution < 1.29 is 0 Å². The van der Waals surface area contributed by atoms with E-state index in [0.29, 0.717) is 0 Å². The van der Waals surface area contributed by atoms with Gasteiger partial charge in [-0.3, -0.25) is 0 Å². The molecule has 1 heterocycles. The predicted octanol–water partition coefficient (Wildman–Crippen LogP) is 5.49. The summed E-state index contributed by atoms with van der Waals surface area (Å²) in [6.07, 6.45) is 14.6. The molecule has 2 N–H and O–H groups in total. The number of hydrogen-bond donors (Lipinski definition) is 1. The van der Waals surface area contributed by atoms with E-state index in [1.54, 1.807) is 5.56 Å². The van der Waals surface area contributed by atoms with Crippen molar-refractivity contribution in [3.05, 3.63) is 22.4 Å². The van der Waals surface area contributed by atoms with E-state index >= 15 is 0 Å². The van der Waals surface area contributed by atoms with Gasteiger partial charge in [-0.05, 0) is 97.9 Å². The van der Waals surface area contributed by atoms with Crippen molar-refractivity contribution in [2.45, 2.75) is 69.5 Å². The van der Waals surface area contributed by atoms with Crippen molar-refractivity contribution in [2.24, 2.45) is 17.1 Å². The molecule has 1 nitrogen and oxygen atoms in total. The fourth-order valence-corrected chi connectivity index (χ4v) is 6.23. The van der Waals surface area contributed by atoms with Gasteiger partial charge in [0.1, 0.15) is 0 Å². The summed E-state index contributed by atoms with van der Waals surface area (Å²) in [4.78, 5) is 0. The van der Waals surface area contributed by atoms with Crippen LogP contribution in [0.25, 0.3) is 0 Å². The molecule has 2 fully saturated rings. The van der Waals surface area contributed by atoms with Crippen molar-refractivity contribution in [1.29, 1.82) is 0 Å². The van der Waals surface area contributed by atoms with Crippen LogP contribution in [0.1, 0.15) is 63.4 Å². The number of thiophene rings is 1. The molecule has 0 atom stereocenters. The lowest BCUT2D eigenvalue weighted by atomic mass is 9.63. The summed E-state index contributed by atoms with van der Waals surface area (Å²) >= 11 is 3.97. The summed E-state index contributed by atoms with van der Waals surface area (Å²) in [5.41, 5.74) is 7.93. The zero-order valence-corrected chi connectivity index (χ0v) is 15.4. The highest BCUT2D eigenvalue weighted by Crippen LogP contribution is 2.51. The summed E-state index contributed by atoms with van der Waals surface area (Å²) in [6, 6.07) is 2.30. The molecule has 0 amide bonds. The molecule has 124 valence electrons. The number of nitrogens with two attached hydrogens (primary N) is 1. The molecule has 0 saturated heterocycles. The minimum Gasteiger partial charge on any atom is -0.330 e. The minimum absolute atomic E-state index is 0.735. The molecule has 2 saturated carbocycles. The van der Waals surface area contributed by atoms with Gasteiger partial charge in [-0.25, -0.2) is 0 Å². The average molecular weight is 338 g/mol. The van der Waals surface area contributed by atoms with E-state index in [0.717, 1.165) is 28.9 Å². The molecule has 1 spiro atoms. The smallest absolute Gasteiger partial charge is 0.00586 e. The Morgan fingerprint density at radius 3 is 2.50 bits per heavy atom. The van der Waals surface area contributed by atoms with Crippen LogP contribution in [0.2, 0.25) is 0 Å². The molecule has 1 aromatic heterocycles. The van der Waals surface area contributed by atoms with Gasteiger partial charge in [-0.15, -0.1) is 0 Å². The fraction of sp³-hybridized carbons (Fsp3) is 0.789. The molecule has 0 radical (unpaired) electrons. The number of thioether (sulfide) groups is 1. The van der Waals surface area contributed by atoms with E-state index in [9.17, 15) is 0 Å². The summed E-state index contributed by atoms with van der Waals surface area (Å²) < 4.78 is 0. The van der Waals surface area contributed by atoms with E-state index in [2.05, 4.69) is 28.6 Å². The van der Waals surface area contributed by atoms with Gasteiger partial charge >= 0.3 is 0 Å². The van der Waals surface area contributed by atoms with E-state index < -0.39 is 0 Å². The predicted molar refractivity (Wildman–Crippen MR) is 101 cm³/mol. The molecule has 2 aliphatic carbocycles. The lowest BCUT2D eigenvalue weighted by Gasteiger charge is -2.45. The Morgan fingerprint density at radius 2 is 1.86 bits per heavy atom. The monoisotopic (exact) mass is 337 g/mol. The fourth-order valence-electron chi connectivity index (χ4n) is 4.49. The van der Waals surface area contributed by atoms with Gasteiger partial charge in [-0.2, -0.15) is 23.1 Å². The molecule has 0 aliphatic heterocycles. The molecule has 0 unspecified atom stereocenters. The Kier molecular flexibility index (Phi) is 6.29. The van der Waals surface area contributed by atoms with Crippen LogP contribution in [0.4, 0.5) is 0 Å². The zero-order valence-electron chi connectivity index (χ0n) is 13.8. The molecule has 0 aromatic carbocycles. The second kappa shape index (κ2) is 8.21. The van der Waals surface area contributed by atoms with E-state index in [1.165, 1.54) is 64.2 Å². The first-order valence-corrected chi connectivity index (χ1v) is 11.1. The van der Waals surface area contributed by atoms with Gasteiger partial charge in [-0.1, -0.05) is 0 Å². The Labute approximate surface area is 144 Å². The Morgan fingerprint density at radius 1 is 1.14 bits per heavy atom. The molecule has 0 bridgehead atoms. The Balaban J connectivity index is 1.38. The standard InChI is InChI=1S/C19H31NS2/c20-12-14-22-18-5-10-19(11-6-18)8-3-16(4-9-19)1-2-17-7-13-21-15-17/h7,13,15-16,18H,1-6,8-12,14,20H2. The van der Waals surface area contributed by atoms with Crippen LogP contribution in [0.15, 0.2) is 16.8 Å². The van der Waals surface area contributed by atoms with Crippen LogP contribution in [0.5, 0.6) is 0 Å². The third-order valence-electron chi connectivity index (χ3n) is 6.05. The molecule has 22 heavy (non-hydrogen) atoms. The molecule has 3 heteroatoms. The third-order valence-corrected chi connectivity index (χ3v) is 8.20. The first-order chi connectivity index (χ1) is 10.8. The largest absolute Gasteiger partial charge is 0.330 e. The van der Waals surface area contributed by atoms with Crippen LogP contribution >= 0.6 is 23.1 Å². The maximum absolute atomic E-state index is 5.64. The van der Waals surface area contributed by atoms with Crippen LogP contribution < -0.4 is 5.73 Å². The minimum atomic E-state index is 0.735. The first kappa shape index (κ1) is 16.9. The topological polar surface area (TPSA) is 26.0 Å². The van der Waals surface area contributed by atoms with Crippen molar-refractivity contribution in [3.63, 3.8) is 0 Å². The summed E-state index contributed by atoms with van der Waals surface area (Å²) in [5.74, 6) is 2.15. The first-order valence-electron chi connectivity index (χ1n) is 9.12. The highest BCUT2D eigenvalue weighted by molar-refractivity contribution is 7.99. The quantitative estimate of drug-likeness (QED) is 0.742. The van der Waals surface area contributed by atoms with E-state index in [1.807, 2.05) is 11.3 Å². The van der Waals surface area contributed by atoms with Gasteiger partial charge < -0.3 is 5.73 Å². The SMILES string of the molecule is NCCSC1CCC2(CCC(CCc3ccsc3)CC2)CC1. The number of rotatable bonds is 6. The van der Waals surface area contributed by atoms with Gasteiger partial charge in [0, 0.05) is 17.5 Å². The van der Waals surface area contributed by atoms with Crippen molar-refractivity contribution in [3.8, 4) is 0 Å². The highest BCUT2D eigenvalue weighted by Gasteiger charge is 2.38. The van der Waals surface area contributed by atoms with Gasteiger partial charge in [0.05, 0.1) is 0 Å². The Bertz CT molecular complexity index is 411. The molecule has 1 aromatic rings. The molecular formula is C19H31NS2. The summed E-state index contributed by atoms with van der Waals surface area (Å²) in [5, 5.41) is 5.45. The maximum Gasteiger partial charge on any atom is 0.00586 e. The van der Waals surface area contributed by atoms with Gasteiger partial charge in [0.25, 0.3) is 0 Å². The second-order valence-corrected chi connectivity index (χ2v) is 9.66. The van der Waals surface area contributed by atoms with Crippen molar-refractivity contribution >= 4 is 23.1 Å². The highest BCUT2D eigenvalue weighted by atomic mass is 32.2. The lowest BCUT2D eigenvalue weighted by molar-refractivity contribution is 0.0966. The van der Waals surface area contributed by atoms with E-state index in [-0.39, 0.29) is 0 Å². The van der Waals surface area contributed by atoms with Crippen LogP contribution in [0.3, 0.4) is 0 Å². The van der Waals surface area contributed by atoms with Crippen LogP contribution in [-0.4, -0.2) is 17.5 Å². The molecule has 2 aliphatic rings. The number of hydrogen-bond acceptors (Lipinski definition) is 3. The molecule has 3 rings (SSSR count). The zero-order chi connectivity index (χ0) is 15.3. The van der Waals surface area contributed by atoms with E-state index in [4.69, 9.17) is 5.73 Å². The number of aryl methyl sites for hydroxylation is 1. The third kappa shape index (κ3) is 4.52.